The lowest BCUT2D eigenvalue weighted by molar-refractivity contribution is -0.393. The highest BCUT2D eigenvalue weighted by Gasteiger charge is 2.33. The second-order valence-corrected chi connectivity index (χ2v) is 6.60. The number of benzene rings is 1. The number of carboxylic acid groups (broad SMARTS) is 1. The Hall–Kier alpha value is -3.04. The van der Waals surface area contributed by atoms with E-state index in [1.54, 1.807) is 0 Å². The van der Waals surface area contributed by atoms with Crippen LogP contribution in [0.15, 0.2) is 23.3 Å². The zero-order valence-electron chi connectivity index (χ0n) is 14.4. The molecule has 2 rings (SSSR count). The molecule has 1 aliphatic carbocycles. The molecule has 0 unspecified atom stereocenters. The average molecular weight is 364 g/mol. The number of aliphatic carboxylic acids is 1. The van der Waals surface area contributed by atoms with Gasteiger partial charge in [-0.3, -0.25) is 30.4 Å². The molecular weight excluding hydrogens is 344 g/mol. The molecule has 0 amide bonds. The summed E-state index contributed by atoms with van der Waals surface area (Å²) in [7, 11) is 0. The van der Waals surface area contributed by atoms with Crippen molar-refractivity contribution in [2.75, 3.05) is 5.43 Å². The van der Waals surface area contributed by atoms with Crippen LogP contribution in [0.4, 0.5) is 17.1 Å². The van der Waals surface area contributed by atoms with Crippen molar-refractivity contribution in [3.05, 3.63) is 38.4 Å². The zero-order valence-corrected chi connectivity index (χ0v) is 14.4. The van der Waals surface area contributed by atoms with Gasteiger partial charge in [0.15, 0.2) is 0 Å². The maximum Gasteiger partial charge on any atom is 0.307 e. The van der Waals surface area contributed by atoms with Crippen molar-refractivity contribution >= 4 is 28.7 Å². The molecule has 0 spiro atoms. The Morgan fingerprint density at radius 2 is 1.96 bits per heavy atom. The first kappa shape index (κ1) is 19.3. The van der Waals surface area contributed by atoms with Gasteiger partial charge in [0, 0.05) is 18.2 Å². The number of nitrogens with zero attached hydrogens (tertiary/aromatic N) is 3. The van der Waals surface area contributed by atoms with Crippen molar-refractivity contribution in [3.8, 4) is 0 Å². The number of hydrogen-bond acceptors (Lipinski definition) is 7. The van der Waals surface area contributed by atoms with Gasteiger partial charge < -0.3 is 5.11 Å². The van der Waals surface area contributed by atoms with Crippen molar-refractivity contribution < 1.29 is 19.7 Å². The number of hydrogen-bond donors (Lipinski definition) is 2. The summed E-state index contributed by atoms with van der Waals surface area (Å²) in [6.45, 7) is 3.63. The van der Waals surface area contributed by atoms with E-state index < -0.39 is 27.4 Å². The molecule has 0 heterocycles. The SMILES string of the molecule is CC(C)[C@@H](C/C(=N/Nc1ccc([N+](=O)[O-])cc1[N+](=O)[O-])C1CC1)C(=O)O. The van der Waals surface area contributed by atoms with Crippen LogP contribution < -0.4 is 5.43 Å². The molecule has 1 aromatic rings. The van der Waals surface area contributed by atoms with Gasteiger partial charge in [0.2, 0.25) is 0 Å². The fraction of sp³-hybridized carbons (Fsp3) is 0.500. The first-order chi connectivity index (χ1) is 12.2. The minimum atomic E-state index is -0.908. The summed E-state index contributed by atoms with van der Waals surface area (Å²) in [4.78, 5) is 31.9. The lowest BCUT2D eigenvalue weighted by atomic mass is 9.89. The third-order valence-corrected chi connectivity index (χ3v) is 4.31. The molecule has 140 valence electrons. The Labute approximate surface area is 149 Å². The largest absolute Gasteiger partial charge is 0.481 e. The Kier molecular flexibility index (Phi) is 5.86. The van der Waals surface area contributed by atoms with Crippen LogP contribution in [0.1, 0.15) is 33.1 Å². The van der Waals surface area contributed by atoms with Crippen LogP contribution in [0.3, 0.4) is 0 Å². The number of carboxylic acids is 1. The van der Waals surface area contributed by atoms with E-state index in [2.05, 4.69) is 10.5 Å². The van der Waals surface area contributed by atoms with Crippen LogP contribution in [-0.2, 0) is 4.79 Å². The molecule has 0 radical (unpaired) electrons. The monoisotopic (exact) mass is 364 g/mol. The van der Waals surface area contributed by atoms with Gasteiger partial charge in [0.1, 0.15) is 5.69 Å². The summed E-state index contributed by atoms with van der Waals surface area (Å²) in [5, 5.41) is 35.5. The Morgan fingerprint density at radius 1 is 1.31 bits per heavy atom. The Balaban J connectivity index is 2.26. The number of rotatable bonds is 9. The van der Waals surface area contributed by atoms with E-state index in [0.717, 1.165) is 25.0 Å². The summed E-state index contributed by atoms with van der Waals surface area (Å²) in [6, 6.07) is 3.24. The number of nitrogens with one attached hydrogen (secondary N) is 1. The van der Waals surface area contributed by atoms with Crippen molar-refractivity contribution in [3.63, 3.8) is 0 Å². The van der Waals surface area contributed by atoms with Crippen LogP contribution in [0.5, 0.6) is 0 Å². The zero-order chi connectivity index (χ0) is 19.4. The molecule has 10 nitrogen and oxygen atoms in total. The van der Waals surface area contributed by atoms with Gasteiger partial charge in [-0.2, -0.15) is 5.10 Å². The summed E-state index contributed by atoms with van der Waals surface area (Å²) < 4.78 is 0. The molecule has 0 bridgehead atoms. The summed E-state index contributed by atoms with van der Waals surface area (Å²) >= 11 is 0. The molecule has 1 aliphatic rings. The fourth-order valence-electron chi connectivity index (χ4n) is 2.56. The number of anilines is 1. The standard InChI is InChI=1S/C16H20N4O6/c1-9(2)12(16(21)22)8-14(10-3-4-10)18-17-13-6-5-11(19(23)24)7-15(13)20(25)26/h5-7,9-10,12,17H,3-4,8H2,1-2H3,(H,21,22)/b18-14-/t12-/m1/s1. The smallest absolute Gasteiger partial charge is 0.307 e. The number of nitro benzene ring substituents is 2. The first-order valence-electron chi connectivity index (χ1n) is 8.18. The molecule has 1 aromatic carbocycles. The van der Waals surface area contributed by atoms with E-state index in [1.807, 2.05) is 13.8 Å². The van der Waals surface area contributed by atoms with E-state index >= 15 is 0 Å². The number of carbonyl (C=O) groups is 1. The van der Waals surface area contributed by atoms with Crippen molar-refractivity contribution in [1.29, 1.82) is 0 Å². The van der Waals surface area contributed by atoms with Crippen molar-refractivity contribution in [1.82, 2.24) is 0 Å². The van der Waals surface area contributed by atoms with Crippen LogP contribution in [0.2, 0.25) is 0 Å². The van der Waals surface area contributed by atoms with E-state index in [-0.39, 0.29) is 29.6 Å². The van der Waals surface area contributed by atoms with E-state index in [0.29, 0.717) is 5.71 Å². The van der Waals surface area contributed by atoms with E-state index in [9.17, 15) is 30.1 Å². The van der Waals surface area contributed by atoms with Gasteiger partial charge in [-0.1, -0.05) is 13.8 Å². The number of hydrazone groups is 1. The molecule has 1 saturated carbocycles. The molecule has 1 fully saturated rings. The Morgan fingerprint density at radius 3 is 2.42 bits per heavy atom. The minimum absolute atomic E-state index is 0.0233. The van der Waals surface area contributed by atoms with Gasteiger partial charge in [0.05, 0.1) is 21.8 Å². The summed E-state index contributed by atoms with van der Waals surface area (Å²) in [5.41, 5.74) is 2.42. The molecular formula is C16H20N4O6. The summed E-state index contributed by atoms with van der Waals surface area (Å²) in [6.07, 6.45) is 2.05. The van der Waals surface area contributed by atoms with Crippen molar-refractivity contribution in [2.24, 2.45) is 22.9 Å². The highest BCUT2D eigenvalue weighted by atomic mass is 16.6. The van der Waals surface area contributed by atoms with Gasteiger partial charge in [0.25, 0.3) is 5.69 Å². The average Bonchev–Trinajstić information content (AvgIpc) is 3.38. The van der Waals surface area contributed by atoms with Crippen LogP contribution in [0.25, 0.3) is 0 Å². The van der Waals surface area contributed by atoms with E-state index in [4.69, 9.17) is 0 Å². The molecule has 10 heteroatoms. The maximum atomic E-state index is 11.4. The molecule has 0 saturated heterocycles. The fourth-order valence-corrected chi connectivity index (χ4v) is 2.56. The Bertz CT molecular complexity index is 757. The van der Waals surface area contributed by atoms with E-state index in [1.165, 1.54) is 6.07 Å². The quantitative estimate of drug-likeness (QED) is 0.387. The van der Waals surface area contributed by atoms with Crippen LogP contribution in [-0.4, -0.2) is 26.6 Å². The first-order valence-corrected chi connectivity index (χ1v) is 8.18. The molecule has 26 heavy (non-hydrogen) atoms. The lowest BCUT2D eigenvalue weighted by Crippen LogP contribution is -2.24. The summed E-state index contributed by atoms with van der Waals surface area (Å²) in [5.74, 6) is -1.41. The number of nitro groups is 2. The molecule has 1 atom stereocenters. The van der Waals surface area contributed by atoms with Gasteiger partial charge in [-0.05, 0) is 30.7 Å². The maximum absolute atomic E-state index is 11.4. The van der Waals surface area contributed by atoms with Crippen molar-refractivity contribution in [2.45, 2.75) is 33.1 Å². The number of non-ortho nitro benzene ring substituents is 1. The lowest BCUT2D eigenvalue weighted by Gasteiger charge is -2.17. The third kappa shape index (κ3) is 4.74. The van der Waals surface area contributed by atoms with Crippen LogP contribution >= 0.6 is 0 Å². The molecule has 0 aromatic heterocycles. The normalized spacial score (nSPS) is 15.6. The molecule has 0 aliphatic heterocycles. The predicted octanol–water partition coefficient (Wildman–Crippen LogP) is 3.43. The second-order valence-electron chi connectivity index (χ2n) is 6.60. The highest BCUT2D eigenvalue weighted by Crippen LogP contribution is 2.35. The predicted molar refractivity (Wildman–Crippen MR) is 94.1 cm³/mol. The van der Waals surface area contributed by atoms with Gasteiger partial charge in [-0.15, -0.1) is 0 Å². The topological polar surface area (TPSA) is 148 Å². The molecule has 2 N–H and O–H groups in total. The third-order valence-electron chi connectivity index (χ3n) is 4.31. The van der Waals surface area contributed by atoms with Gasteiger partial charge >= 0.3 is 11.7 Å². The second kappa shape index (κ2) is 7.89. The highest BCUT2D eigenvalue weighted by molar-refractivity contribution is 5.92. The minimum Gasteiger partial charge on any atom is -0.481 e. The van der Waals surface area contributed by atoms with Crippen LogP contribution in [0, 0.1) is 38.0 Å². The van der Waals surface area contributed by atoms with Gasteiger partial charge in [-0.25, -0.2) is 0 Å².